The van der Waals surface area contributed by atoms with Crippen molar-refractivity contribution in [1.29, 1.82) is 0 Å². The first-order valence-electron chi connectivity index (χ1n) is 12.4. The van der Waals surface area contributed by atoms with Crippen LogP contribution in [0, 0.1) is 6.92 Å². The fourth-order valence-electron chi connectivity index (χ4n) is 4.93. The summed E-state index contributed by atoms with van der Waals surface area (Å²) in [6.07, 6.45) is -2.99. The number of nitrogens with two attached hydrogens (primary N) is 1. The van der Waals surface area contributed by atoms with Crippen molar-refractivity contribution in [3.8, 4) is 5.75 Å². The molecular formula is C27H32F3N5O3. The minimum atomic E-state index is -4.50. The summed E-state index contributed by atoms with van der Waals surface area (Å²) in [6, 6.07) is 6.87. The maximum atomic E-state index is 13.4. The highest BCUT2D eigenvalue weighted by atomic mass is 19.4. The van der Waals surface area contributed by atoms with Gasteiger partial charge in [0, 0.05) is 37.3 Å². The molecule has 1 saturated heterocycles. The second-order valence-electron chi connectivity index (χ2n) is 9.57. The number of carbonyl (C=O) groups is 1. The van der Waals surface area contributed by atoms with Crippen LogP contribution in [0.15, 0.2) is 30.3 Å². The molecule has 1 aliphatic rings. The van der Waals surface area contributed by atoms with Gasteiger partial charge in [0.15, 0.2) is 0 Å². The van der Waals surface area contributed by atoms with E-state index >= 15 is 0 Å². The highest BCUT2D eigenvalue weighted by Gasteiger charge is 2.32. The van der Waals surface area contributed by atoms with Crippen molar-refractivity contribution in [3.63, 3.8) is 0 Å². The number of amides is 1. The van der Waals surface area contributed by atoms with Gasteiger partial charge in [-0.2, -0.15) is 13.2 Å². The van der Waals surface area contributed by atoms with Gasteiger partial charge in [0.1, 0.15) is 24.0 Å². The first-order chi connectivity index (χ1) is 18.0. The largest absolute Gasteiger partial charge is 0.496 e. The Morgan fingerprint density at radius 3 is 2.50 bits per heavy atom. The Labute approximate surface area is 219 Å². The number of aromatic nitrogens is 2. The van der Waals surface area contributed by atoms with Crippen LogP contribution in [0.25, 0.3) is 10.9 Å². The van der Waals surface area contributed by atoms with Crippen molar-refractivity contribution < 1.29 is 27.4 Å². The van der Waals surface area contributed by atoms with E-state index in [1.807, 2.05) is 12.1 Å². The van der Waals surface area contributed by atoms with E-state index in [1.165, 1.54) is 13.2 Å². The molecule has 1 amide bonds. The standard InChI is InChI=1S/C27H32F3N5O3/c1-15(18-9-19(27(28,29)30)11-20(31)10-18)32-26-22-12-21(24(38-4)13-23(22)33-16(2)34-26)17-5-7-35(8-6-17)25(36)14-37-3/h9-13,15,17H,5-8,14,31H2,1-4H3,(H,32,33,34)/t15-/m1/s1. The second-order valence-corrected chi connectivity index (χ2v) is 9.57. The number of ether oxygens (including phenoxy) is 2. The van der Waals surface area contributed by atoms with Crippen molar-refractivity contribution >= 4 is 28.3 Å². The first kappa shape index (κ1) is 27.4. The topological polar surface area (TPSA) is 103 Å². The fraction of sp³-hybridized carbons (Fsp3) is 0.444. The number of nitrogen functional groups attached to an aromatic ring is 1. The van der Waals surface area contributed by atoms with E-state index in [2.05, 4.69) is 15.3 Å². The number of nitrogens with one attached hydrogen (secondary N) is 1. The molecule has 11 heteroatoms. The summed E-state index contributed by atoms with van der Waals surface area (Å²) >= 11 is 0. The molecule has 8 nitrogen and oxygen atoms in total. The number of anilines is 2. The number of aryl methyl sites for hydroxylation is 1. The zero-order chi connectivity index (χ0) is 27.6. The third kappa shape index (κ3) is 5.93. The average molecular weight is 532 g/mol. The number of hydrogen-bond donors (Lipinski definition) is 2. The number of rotatable bonds is 7. The van der Waals surface area contributed by atoms with Gasteiger partial charge in [-0.05, 0) is 68.0 Å². The predicted octanol–water partition coefficient (Wildman–Crippen LogP) is 5.07. The van der Waals surface area contributed by atoms with Crippen LogP contribution in [0.5, 0.6) is 5.75 Å². The Hall–Kier alpha value is -3.60. The van der Waals surface area contributed by atoms with Gasteiger partial charge in [0.05, 0.1) is 24.2 Å². The molecule has 1 aromatic heterocycles. The minimum absolute atomic E-state index is 0.0315. The van der Waals surface area contributed by atoms with Crippen LogP contribution in [0.3, 0.4) is 0 Å². The van der Waals surface area contributed by atoms with Crippen molar-refractivity contribution in [1.82, 2.24) is 14.9 Å². The predicted molar refractivity (Wildman–Crippen MR) is 139 cm³/mol. The van der Waals surface area contributed by atoms with E-state index in [9.17, 15) is 18.0 Å². The second kappa shape index (κ2) is 11.0. The maximum Gasteiger partial charge on any atom is 0.416 e. The van der Waals surface area contributed by atoms with Crippen molar-refractivity contribution in [3.05, 3.63) is 52.8 Å². The molecule has 0 aliphatic carbocycles. The Bertz CT molecular complexity index is 1320. The zero-order valence-corrected chi connectivity index (χ0v) is 21.9. The molecule has 1 atom stereocenters. The minimum Gasteiger partial charge on any atom is -0.496 e. The lowest BCUT2D eigenvalue weighted by atomic mass is 9.88. The molecule has 0 saturated carbocycles. The third-order valence-corrected chi connectivity index (χ3v) is 6.87. The lowest BCUT2D eigenvalue weighted by molar-refractivity contribution is -0.137. The number of hydrogen-bond acceptors (Lipinski definition) is 7. The molecule has 2 aromatic carbocycles. The van der Waals surface area contributed by atoms with Crippen LogP contribution in [0.1, 0.15) is 54.2 Å². The van der Waals surface area contributed by atoms with Gasteiger partial charge in [-0.1, -0.05) is 0 Å². The van der Waals surface area contributed by atoms with Gasteiger partial charge in [0.25, 0.3) is 0 Å². The van der Waals surface area contributed by atoms with Gasteiger partial charge < -0.3 is 25.4 Å². The SMILES string of the molecule is COCC(=O)N1CCC(c2cc3c(N[C@H](C)c4cc(N)cc(C(F)(F)F)c4)nc(C)nc3cc2OC)CC1. The molecule has 2 heterocycles. The number of methoxy groups -OCH3 is 2. The summed E-state index contributed by atoms with van der Waals surface area (Å²) < 4.78 is 50.8. The third-order valence-electron chi connectivity index (χ3n) is 6.87. The molecule has 1 aliphatic heterocycles. The van der Waals surface area contributed by atoms with Crippen LogP contribution in [0.4, 0.5) is 24.7 Å². The molecule has 0 spiro atoms. The molecule has 4 rings (SSSR count). The maximum absolute atomic E-state index is 13.4. The number of benzene rings is 2. The van der Waals surface area contributed by atoms with E-state index in [1.54, 1.807) is 25.9 Å². The van der Waals surface area contributed by atoms with E-state index in [0.717, 1.165) is 35.9 Å². The number of likely N-dealkylation sites (tertiary alicyclic amines) is 1. The van der Waals surface area contributed by atoms with Crippen molar-refractivity contribution in [2.45, 2.75) is 44.8 Å². The zero-order valence-electron chi connectivity index (χ0n) is 21.9. The summed E-state index contributed by atoms with van der Waals surface area (Å²) in [6.45, 7) is 4.79. The number of carbonyl (C=O) groups excluding carboxylic acids is 1. The fourth-order valence-corrected chi connectivity index (χ4v) is 4.93. The average Bonchev–Trinajstić information content (AvgIpc) is 2.87. The number of nitrogens with zero attached hydrogens (tertiary/aromatic N) is 3. The lowest BCUT2D eigenvalue weighted by Gasteiger charge is -2.33. The van der Waals surface area contributed by atoms with Gasteiger partial charge >= 0.3 is 6.18 Å². The summed E-state index contributed by atoms with van der Waals surface area (Å²) in [7, 11) is 3.11. The molecule has 38 heavy (non-hydrogen) atoms. The molecule has 204 valence electrons. The lowest BCUT2D eigenvalue weighted by Crippen LogP contribution is -2.39. The Kier molecular flexibility index (Phi) is 7.96. The van der Waals surface area contributed by atoms with Crippen molar-refractivity contribution in [2.24, 2.45) is 0 Å². The van der Waals surface area contributed by atoms with E-state index in [-0.39, 0.29) is 24.1 Å². The monoisotopic (exact) mass is 531 g/mol. The molecule has 0 bridgehead atoms. The van der Waals surface area contributed by atoms with Crippen LogP contribution >= 0.6 is 0 Å². The van der Waals surface area contributed by atoms with E-state index in [4.69, 9.17) is 15.2 Å². The summed E-state index contributed by atoms with van der Waals surface area (Å²) in [5, 5.41) is 4.00. The summed E-state index contributed by atoms with van der Waals surface area (Å²) in [5.41, 5.74) is 7.05. The Balaban J connectivity index is 1.67. The van der Waals surface area contributed by atoms with Crippen molar-refractivity contribution in [2.75, 3.05) is 45.0 Å². The van der Waals surface area contributed by atoms with Crippen LogP contribution < -0.4 is 15.8 Å². The van der Waals surface area contributed by atoms with Gasteiger partial charge in [0.2, 0.25) is 5.91 Å². The number of fused-ring (bicyclic) bond motifs is 1. The summed E-state index contributed by atoms with van der Waals surface area (Å²) in [4.78, 5) is 23.2. The molecule has 0 unspecified atom stereocenters. The molecule has 3 aromatic rings. The Morgan fingerprint density at radius 2 is 1.87 bits per heavy atom. The molecule has 0 radical (unpaired) electrons. The molecule has 3 N–H and O–H groups in total. The number of piperidine rings is 1. The Morgan fingerprint density at radius 1 is 1.16 bits per heavy atom. The van der Waals surface area contributed by atoms with E-state index in [0.29, 0.717) is 41.6 Å². The summed E-state index contributed by atoms with van der Waals surface area (Å²) in [5.74, 6) is 1.83. The van der Waals surface area contributed by atoms with Crippen LogP contribution in [-0.4, -0.2) is 54.7 Å². The normalized spacial score (nSPS) is 15.5. The van der Waals surface area contributed by atoms with Gasteiger partial charge in [-0.15, -0.1) is 0 Å². The van der Waals surface area contributed by atoms with Crippen LogP contribution in [-0.2, 0) is 15.7 Å². The van der Waals surface area contributed by atoms with Gasteiger partial charge in [-0.3, -0.25) is 4.79 Å². The first-order valence-corrected chi connectivity index (χ1v) is 12.4. The highest BCUT2D eigenvalue weighted by Crippen LogP contribution is 2.39. The van der Waals surface area contributed by atoms with Gasteiger partial charge in [-0.25, -0.2) is 9.97 Å². The molecular weight excluding hydrogens is 499 g/mol. The van der Waals surface area contributed by atoms with E-state index < -0.39 is 17.8 Å². The highest BCUT2D eigenvalue weighted by molar-refractivity contribution is 5.91. The smallest absolute Gasteiger partial charge is 0.416 e. The number of alkyl halides is 3. The number of halogens is 3. The molecule has 1 fully saturated rings. The van der Waals surface area contributed by atoms with Crippen LogP contribution in [0.2, 0.25) is 0 Å². The quantitative estimate of drug-likeness (QED) is 0.410.